The van der Waals surface area contributed by atoms with Gasteiger partial charge in [0.1, 0.15) is 27.5 Å². The standard InChI is InChI=1S/C46H50ClN7O9S2/c1-26(55)42-41(63-24-39(57)58)40(47)43(64-42)30-9-7-11-33(19-30)48-34-16-17-53(46(3,4)21-34)65(61,62)25-28-8-6-10-32(18-28)49-45(60)52-22-31(23-52)29-12-13-35-37(20-29)51(5)27(2)54(35)36-14-15-38(56)50-44(36)59/h6-13,18-20,31,34,36,48,55H,1-2,14-17,21-25H2,3-5H3,(H,49,60)(H,57,58)(H,50,56,59)/t34-,36?/m0/s1. The molecule has 19 heteroatoms. The van der Waals surface area contributed by atoms with E-state index in [-0.39, 0.29) is 69.9 Å². The number of aliphatic carboxylic acids is 1. The number of thiophene rings is 1. The average molecular weight is 945 g/mol. The number of ether oxygens (including phenoxy) is 1. The molecule has 2 atom stereocenters. The van der Waals surface area contributed by atoms with Crippen molar-refractivity contribution in [2.24, 2.45) is 0 Å². The Kier molecular flexibility index (Phi) is 12.4. The highest BCUT2D eigenvalue weighted by Gasteiger charge is 2.43. The van der Waals surface area contributed by atoms with Crippen LogP contribution >= 0.6 is 22.9 Å². The van der Waals surface area contributed by atoms with Gasteiger partial charge >= 0.3 is 12.0 Å². The Bertz CT molecular complexity index is 2730. The van der Waals surface area contributed by atoms with E-state index in [1.165, 1.54) is 0 Å². The van der Waals surface area contributed by atoms with Gasteiger partial charge in [-0.15, -0.1) is 11.3 Å². The van der Waals surface area contributed by atoms with Gasteiger partial charge in [-0.3, -0.25) is 14.9 Å². The number of nitrogens with zero attached hydrogens (tertiary/aromatic N) is 4. The number of likely N-dealkylation sites (tertiary alicyclic amines) is 1. The number of anilines is 4. The van der Waals surface area contributed by atoms with Crippen LogP contribution in [0.4, 0.5) is 27.5 Å². The molecule has 0 aliphatic carbocycles. The number of nitrogens with one attached hydrogen (secondary N) is 3. The molecule has 4 amide bonds. The molecule has 3 aromatic carbocycles. The van der Waals surface area contributed by atoms with Crippen molar-refractivity contribution in [3.8, 4) is 16.2 Å². The number of sulfonamides is 1. The number of carbonyl (C=O) groups excluding carboxylic acids is 3. The first-order chi connectivity index (χ1) is 30.8. The molecule has 3 saturated heterocycles. The fourth-order valence-electron chi connectivity index (χ4n) is 9.11. The lowest BCUT2D eigenvalue weighted by molar-refractivity contribution is -0.139. The van der Waals surface area contributed by atoms with Gasteiger partial charge in [0.2, 0.25) is 21.8 Å². The minimum Gasteiger partial charge on any atom is -0.507 e. The number of hydrogen-bond donors (Lipinski definition) is 5. The van der Waals surface area contributed by atoms with Crippen LogP contribution in [0.15, 0.2) is 85.7 Å². The van der Waals surface area contributed by atoms with Crippen LogP contribution in [0.2, 0.25) is 5.02 Å². The predicted molar refractivity (Wildman–Crippen MR) is 252 cm³/mol. The summed E-state index contributed by atoms with van der Waals surface area (Å²) in [6, 6.07) is 19.5. The second-order valence-electron chi connectivity index (χ2n) is 17.4. The molecule has 0 saturated carbocycles. The van der Waals surface area contributed by atoms with E-state index in [1.54, 1.807) is 33.5 Å². The molecule has 3 fully saturated rings. The van der Waals surface area contributed by atoms with Crippen molar-refractivity contribution < 1.29 is 42.5 Å². The van der Waals surface area contributed by atoms with Crippen molar-refractivity contribution >= 4 is 85.3 Å². The maximum Gasteiger partial charge on any atom is 0.341 e. The first-order valence-electron chi connectivity index (χ1n) is 21.1. The number of aliphatic hydroxyl groups is 1. The van der Waals surface area contributed by atoms with E-state index in [0.717, 1.165) is 34.0 Å². The molecule has 4 aliphatic heterocycles. The molecule has 342 valence electrons. The number of urea groups is 1. The van der Waals surface area contributed by atoms with Gasteiger partial charge in [0.05, 0.1) is 22.0 Å². The first kappa shape index (κ1) is 45.5. The maximum atomic E-state index is 14.0. The van der Waals surface area contributed by atoms with Gasteiger partial charge in [-0.1, -0.05) is 55.1 Å². The lowest BCUT2D eigenvalue weighted by atomic mass is 9.89. The summed E-state index contributed by atoms with van der Waals surface area (Å²) in [6.45, 7) is 12.2. The topological polar surface area (TPSA) is 201 Å². The van der Waals surface area contributed by atoms with E-state index >= 15 is 0 Å². The molecule has 0 radical (unpaired) electrons. The zero-order chi connectivity index (χ0) is 46.5. The second kappa shape index (κ2) is 17.7. The van der Waals surface area contributed by atoms with Crippen molar-refractivity contribution in [3.63, 3.8) is 0 Å². The summed E-state index contributed by atoms with van der Waals surface area (Å²) >= 11 is 7.76. The van der Waals surface area contributed by atoms with Crippen LogP contribution in [-0.2, 0) is 30.2 Å². The van der Waals surface area contributed by atoms with Crippen LogP contribution in [-0.4, -0.2) is 103 Å². The fraction of sp³-hybridized carbons (Fsp3) is 0.348. The van der Waals surface area contributed by atoms with Gasteiger partial charge in [-0.25, -0.2) is 18.0 Å². The molecule has 5 heterocycles. The van der Waals surface area contributed by atoms with Gasteiger partial charge < -0.3 is 40.3 Å². The third kappa shape index (κ3) is 9.25. The van der Waals surface area contributed by atoms with Gasteiger partial charge in [-0.05, 0) is 86.2 Å². The predicted octanol–water partition coefficient (Wildman–Crippen LogP) is 7.41. The van der Waals surface area contributed by atoms with Crippen molar-refractivity contribution in [2.45, 2.75) is 68.8 Å². The molecule has 8 rings (SSSR count). The number of aliphatic hydroxyl groups excluding tert-OH is 1. The summed E-state index contributed by atoms with van der Waals surface area (Å²) in [6.07, 6.45) is 1.72. The number of fused-ring (bicyclic) bond motifs is 1. The molecule has 65 heavy (non-hydrogen) atoms. The third-order valence-corrected chi connectivity index (χ3v) is 16.1. The Hall–Kier alpha value is -6.08. The molecule has 4 aromatic rings. The lowest BCUT2D eigenvalue weighted by Gasteiger charge is -2.45. The fourth-order valence-corrected chi connectivity index (χ4v) is 12.5. The number of hydrogen-bond acceptors (Lipinski definition) is 12. The van der Waals surface area contributed by atoms with Crippen LogP contribution in [0.1, 0.15) is 61.5 Å². The van der Waals surface area contributed by atoms with Gasteiger partial charge in [0.25, 0.3) is 0 Å². The van der Waals surface area contributed by atoms with Crippen LogP contribution in [0.25, 0.3) is 16.2 Å². The summed E-state index contributed by atoms with van der Waals surface area (Å²) in [5.74, 6) is -1.55. The molecule has 1 aromatic heterocycles. The number of amides is 4. The van der Waals surface area contributed by atoms with Crippen LogP contribution in [0, 0.1) is 0 Å². The Morgan fingerprint density at radius 1 is 1.02 bits per heavy atom. The maximum absolute atomic E-state index is 14.0. The SMILES string of the molecule is C=C(O)c1sc(-c2cccc(N[C@H]3CCN(S(=O)(=O)Cc4cccc(NC(=O)N5CC(c6ccc7c(c6)N(C)C(=C)N7C6CCC(=O)NC6=O)C5)c4)C(C)(C)C3)c2)c(Cl)c1OCC(=O)O. The van der Waals surface area contributed by atoms with Gasteiger partial charge in [0, 0.05) is 62.0 Å². The van der Waals surface area contributed by atoms with Crippen LogP contribution in [0.3, 0.4) is 0 Å². The van der Waals surface area contributed by atoms with Crippen molar-refractivity contribution in [1.29, 1.82) is 0 Å². The lowest BCUT2D eigenvalue weighted by Crippen LogP contribution is -2.55. The smallest absolute Gasteiger partial charge is 0.341 e. The van der Waals surface area contributed by atoms with Crippen LogP contribution < -0.4 is 30.5 Å². The van der Waals surface area contributed by atoms with E-state index in [2.05, 4.69) is 35.2 Å². The minimum atomic E-state index is -3.78. The van der Waals surface area contributed by atoms with Crippen molar-refractivity contribution in [3.05, 3.63) is 107 Å². The molecule has 5 N–H and O–H groups in total. The summed E-state index contributed by atoms with van der Waals surface area (Å²) in [5.41, 5.74) is 4.58. The van der Waals surface area contributed by atoms with E-state index in [1.807, 2.05) is 67.1 Å². The number of carboxylic acids is 1. The van der Waals surface area contributed by atoms with Crippen molar-refractivity contribution in [2.75, 3.05) is 53.7 Å². The Morgan fingerprint density at radius 3 is 2.46 bits per heavy atom. The molecular weight excluding hydrogens is 894 g/mol. The molecule has 16 nitrogen and oxygen atoms in total. The van der Waals surface area contributed by atoms with Crippen molar-refractivity contribution in [1.82, 2.24) is 14.5 Å². The Labute approximate surface area is 386 Å². The van der Waals surface area contributed by atoms with Crippen LogP contribution in [0.5, 0.6) is 5.75 Å². The normalized spacial score (nSPS) is 19.9. The summed E-state index contributed by atoms with van der Waals surface area (Å²) in [5, 5.41) is 28.3. The molecule has 1 unspecified atom stereocenters. The monoisotopic (exact) mass is 943 g/mol. The number of carbonyl (C=O) groups is 4. The zero-order valence-electron chi connectivity index (χ0n) is 36.1. The highest BCUT2D eigenvalue weighted by Crippen LogP contribution is 2.48. The number of carboxylic acid groups (broad SMARTS) is 1. The first-order valence-corrected chi connectivity index (χ1v) is 23.9. The second-order valence-corrected chi connectivity index (χ2v) is 20.7. The summed E-state index contributed by atoms with van der Waals surface area (Å²) in [4.78, 5) is 55.3. The number of imide groups is 1. The molecule has 0 spiro atoms. The van der Waals surface area contributed by atoms with Gasteiger partial charge in [-0.2, -0.15) is 4.31 Å². The third-order valence-electron chi connectivity index (χ3n) is 12.3. The zero-order valence-corrected chi connectivity index (χ0v) is 38.5. The molecular formula is C46H50ClN7O9S2. The summed E-state index contributed by atoms with van der Waals surface area (Å²) < 4.78 is 35.0. The van der Waals surface area contributed by atoms with E-state index in [9.17, 15) is 32.7 Å². The highest BCUT2D eigenvalue weighted by atomic mass is 35.5. The Balaban J connectivity index is 0.856. The average Bonchev–Trinajstić information content (AvgIpc) is 3.67. The van der Waals surface area contributed by atoms with Gasteiger partial charge in [0.15, 0.2) is 12.4 Å². The highest BCUT2D eigenvalue weighted by molar-refractivity contribution is 7.88. The molecule has 4 aliphatic rings. The number of rotatable bonds is 13. The number of benzene rings is 3. The minimum absolute atomic E-state index is 0.0465. The van der Waals surface area contributed by atoms with E-state index in [4.69, 9.17) is 21.4 Å². The quantitative estimate of drug-likeness (QED) is 0.0658. The van der Waals surface area contributed by atoms with E-state index < -0.39 is 34.2 Å². The number of piperidine rings is 2. The Morgan fingerprint density at radius 2 is 1.75 bits per heavy atom. The number of halogens is 1. The summed E-state index contributed by atoms with van der Waals surface area (Å²) in [7, 11) is -1.89. The van der Waals surface area contributed by atoms with E-state index in [0.29, 0.717) is 59.9 Å². The largest absolute Gasteiger partial charge is 0.507 e. The molecule has 0 bridgehead atoms.